The summed E-state index contributed by atoms with van der Waals surface area (Å²) in [6.45, 7) is 1.28. The first-order valence-corrected chi connectivity index (χ1v) is 7.07. The Hall–Kier alpha value is -2.04. The topological polar surface area (TPSA) is 61.4 Å². The maximum absolute atomic E-state index is 11.9. The molecule has 1 aliphatic heterocycles. The lowest BCUT2D eigenvalue weighted by Crippen LogP contribution is -2.35. The zero-order valence-electron chi connectivity index (χ0n) is 11.6. The van der Waals surface area contributed by atoms with Crippen LogP contribution in [0.3, 0.4) is 0 Å². The molecule has 3 rings (SSSR count). The van der Waals surface area contributed by atoms with Crippen LogP contribution in [0.15, 0.2) is 18.2 Å². The van der Waals surface area contributed by atoms with Gasteiger partial charge in [0.1, 0.15) is 0 Å². The van der Waals surface area contributed by atoms with Gasteiger partial charge in [-0.25, -0.2) is 4.79 Å². The van der Waals surface area contributed by atoms with Crippen LogP contribution in [-0.2, 0) is 6.54 Å². The molecule has 5 nitrogen and oxygen atoms in total. The molecule has 1 aromatic rings. The van der Waals surface area contributed by atoms with Crippen molar-refractivity contribution < 1.29 is 9.59 Å². The number of rotatable bonds is 3. The van der Waals surface area contributed by atoms with Crippen molar-refractivity contribution in [1.82, 2.24) is 10.2 Å². The van der Waals surface area contributed by atoms with E-state index in [1.54, 1.807) is 24.1 Å². The Labute approximate surface area is 118 Å². The Morgan fingerprint density at radius 3 is 2.90 bits per heavy atom. The van der Waals surface area contributed by atoms with Crippen LogP contribution in [0.4, 0.5) is 10.5 Å². The zero-order valence-corrected chi connectivity index (χ0v) is 11.6. The molecule has 2 N–H and O–H groups in total. The van der Waals surface area contributed by atoms with E-state index in [1.165, 1.54) is 19.3 Å². The van der Waals surface area contributed by atoms with Crippen molar-refractivity contribution in [2.45, 2.75) is 25.8 Å². The van der Waals surface area contributed by atoms with E-state index in [2.05, 4.69) is 10.6 Å². The highest BCUT2D eigenvalue weighted by molar-refractivity contribution is 6.01. The van der Waals surface area contributed by atoms with E-state index in [0.717, 1.165) is 17.8 Å². The highest BCUT2D eigenvalue weighted by Crippen LogP contribution is 2.28. The summed E-state index contributed by atoms with van der Waals surface area (Å²) < 4.78 is 0. The third kappa shape index (κ3) is 2.35. The summed E-state index contributed by atoms with van der Waals surface area (Å²) in [6.07, 6.45) is 3.69. The second-order valence-electron chi connectivity index (χ2n) is 5.62. The van der Waals surface area contributed by atoms with Gasteiger partial charge in [-0.1, -0.05) is 12.5 Å². The van der Waals surface area contributed by atoms with Crippen LogP contribution in [-0.4, -0.2) is 30.4 Å². The van der Waals surface area contributed by atoms with E-state index < -0.39 is 0 Å². The summed E-state index contributed by atoms with van der Waals surface area (Å²) in [5, 5.41) is 5.76. The smallest absolute Gasteiger partial charge is 0.319 e. The summed E-state index contributed by atoms with van der Waals surface area (Å²) >= 11 is 0. The fourth-order valence-corrected chi connectivity index (χ4v) is 2.69. The first kappa shape index (κ1) is 13.0. The number of carbonyl (C=O) groups is 2. The highest BCUT2D eigenvalue weighted by atomic mass is 16.2. The number of carbonyl (C=O) groups excluding carboxylic acids is 2. The molecule has 1 saturated carbocycles. The minimum absolute atomic E-state index is 0.0125. The molecule has 1 aromatic carbocycles. The summed E-state index contributed by atoms with van der Waals surface area (Å²) in [6, 6.07) is 5.26. The first-order valence-electron chi connectivity index (χ1n) is 7.07. The molecule has 3 amide bonds. The molecule has 2 aliphatic rings. The van der Waals surface area contributed by atoms with Gasteiger partial charge in [0.2, 0.25) is 0 Å². The number of nitrogens with zero attached hydrogens (tertiary/aromatic N) is 1. The molecule has 0 atom stereocenters. The van der Waals surface area contributed by atoms with Gasteiger partial charge in [-0.3, -0.25) is 4.79 Å². The van der Waals surface area contributed by atoms with Crippen molar-refractivity contribution in [2.75, 3.05) is 18.9 Å². The van der Waals surface area contributed by atoms with Crippen LogP contribution in [0.2, 0.25) is 0 Å². The van der Waals surface area contributed by atoms with Crippen LogP contribution in [0, 0.1) is 5.92 Å². The van der Waals surface area contributed by atoms with Crippen molar-refractivity contribution in [3.05, 3.63) is 29.3 Å². The quantitative estimate of drug-likeness (QED) is 0.887. The first-order chi connectivity index (χ1) is 9.65. The van der Waals surface area contributed by atoms with Crippen LogP contribution < -0.4 is 10.6 Å². The fourth-order valence-electron chi connectivity index (χ4n) is 2.69. The van der Waals surface area contributed by atoms with Crippen LogP contribution >= 0.6 is 0 Å². The minimum Gasteiger partial charge on any atom is -0.338 e. The number of amides is 3. The largest absolute Gasteiger partial charge is 0.338 e. The number of nitrogens with one attached hydrogen (secondary N) is 2. The van der Waals surface area contributed by atoms with E-state index in [0.29, 0.717) is 18.0 Å². The average molecular weight is 273 g/mol. The van der Waals surface area contributed by atoms with Gasteiger partial charge in [-0.2, -0.15) is 0 Å². The molecule has 0 bridgehead atoms. The Balaban J connectivity index is 1.66. The van der Waals surface area contributed by atoms with Crippen molar-refractivity contribution in [3.63, 3.8) is 0 Å². The zero-order chi connectivity index (χ0) is 14.1. The fraction of sp³-hybridized carbons (Fsp3) is 0.467. The molecule has 20 heavy (non-hydrogen) atoms. The summed E-state index contributed by atoms with van der Waals surface area (Å²) in [5.41, 5.74) is 2.31. The number of anilines is 1. The molecule has 1 heterocycles. The second-order valence-corrected chi connectivity index (χ2v) is 5.62. The molecule has 106 valence electrons. The van der Waals surface area contributed by atoms with Gasteiger partial charge in [0, 0.05) is 37.0 Å². The minimum atomic E-state index is -0.188. The van der Waals surface area contributed by atoms with Gasteiger partial charge < -0.3 is 15.5 Å². The van der Waals surface area contributed by atoms with E-state index in [4.69, 9.17) is 0 Å². The predicted octanol–water partition coefficient (Wildman–Crippen LogP) is 2.19. The molecular formula is C15H19N3O2. The molecule has 0 unspecified atom stereocenters. The second kappa shape index (κ2) is 5.15. The van der Waals surface area contributed by atoms with Gasteiger partial charge in [0.05, 0.1) is 0 Å². The van der Waals surface area contributed by atoms with Crippen molar-refractivity contribution in [2.24, 2.45) is 5.92 Å². The Morgan fingerprint density at radius 1 is 1.40 bits per heavy atom. The molecule has 0 radical (unpaired) electrons. The summed E-state index contributed by atoms with van der Waals surface area (Å²) in [7, 11) is 1.77. The summed E-state index contributed by atoms with van der Waals surface area (Å²) in [5.74, 6) is 0.647. The molecular weight excluding hydrogens is 254 g/mol. The monoisotopic (exact) mass is 273 g/mol. The Morgan fingerprint density at radius 2 is 2.20 bits per heavy atom. The SMILES string of the molecule is CN1Cc2c(NC(=O)NCC3CCC3)cccc2C1=O. The maximum Gasteiger partial charge on any atom is 0.319 e. The molecule has 0 spiro atoms. The van der Waals surface area contributed by atoms with Gasteiger partial charge >= 0.3 is 6.03 Å². The molecule has 1 aliphatic carbocycles. The Kier molecular flexibility index (Phi) is 3.34. The van der Waals surface area contributed by atoms with E-state index >= 15 is 0 Å². The lowest BCUT2D eigenvalue weighted by molar-refractivity contribution is 0.0816. The predicted molar refractivity (Wildman–Crippen MR) is 76.6 cm³/mol. The van der Waals surface area contributed by atoms with Crippen LogP contribution in [0.1, 0.15) is 35.2 Å². The van der Waals surface area contributed by atoms with Crippen molar-refractivity contribution in [1.29, 1.82) is 0 Å². The van der Waals surface area contributed by atoms with E-state index in [1.807, 2.05) is 6.07 Å². The van der Waals surface area contributed by atoms with E-state index in [9.17, 15) is 9.59 Å². The van der Waals surface area contributed by atoms with Crippen LogP contribution in [0.5, 0.6) is 0 Å². The van der Waals surface area contributed by atoms with Crippen molar-refractivity contribution >= 4 is 17.6 Å². The van der Waals surface area contributed by atoms with Gasteiger partial charge in [0.15, 0.2) is 0 Å². The lowest BCUT2D eigenvalue weighted by atomic mass is 9.85. The van der Waals surface area contributed by atoms with Gasteiger partial charge in [-0.05, 0) is 30.9 Å². The van der Waals surface area contributed by atoms with Gasteiger partial charge in [-0.15, -0.1) is 0 Å². The number of hydrogen-bond acceptors (Lipinski definition) is 2. The molecule has 5 heteroatoms. The standard InChI is InChI=1S/C15H19N3O2/c1-18-9-12-11(14(18)19)6-3-7-13(12)17-15(20)16-8-10-4-2-5-10/h3,6-7,10H,2,4-5,8-9H2,1H3,(H2,16,17,20). The van der Waals surface area contributed by atoms with Crippen molar-refractivity contribution in [3.8, 4) is 0 Å². The number of urea groups is 1. The summed E-state index contributed by atoms with van der Waals surface area (Å²) in [4.78, 5) is 25.4. The van der Waals surface area contributed by atoms with Gasteiger partial charge in [0.25, 0.3) is 5.91 Å². The normalized spacial score (nSPS) is 17.6. The third-order valence-corrected chi connectivity index (χ3v) is 4.17. The van der Waals surface area contributed by atoms with E-state index in [-0.39, 0.29) is 11.9 Å². The number of fused-ring (bicyclic) bond motifs is 1. The maximum atomic E-state index is 11.9. The number of hydrogen-bond donors (Lipinski definition) is 2. The highest BCUT2D eigenvalue weighted by Gasteiger charge is 2.27. The average Bonchev–Trinajstić information content (AvgIpc) is 2.65. The molecule has 1 fully saturated rings. The molecule has 0 saturated heterocycles. The lowest BCUT2D eigenvalue weighted by Gasteiger charge is -2.25. The van der Waals surface area contributed by atoms with Crippen LogP contribution in [0.25, 0.3) is 0 Å². The number of benzene rings is 1. The Bertz CT molecular complexity index is 552. The third-order valence-electron chi connectivity index (χ3n) is 4.17. The molecule has 0 aromatic heterocycles.